The van der Waals surface area contributed by atoms with Crippen molar-refractivity contribution in [1.29, 1.82) is 0 Å². The number of hydrogen-bond acceptors (Lipinski definition) is 7. The molecule has 10 nitrogen and oxygen atoms in total. The van der Waals surface area contributed by atoms with Gasteiger partial charge in [-0.15, -0.1) is 5.10 Å². The lowest BCUT2D eigenvalue weighted by Crippen LogP contribution is -2.30. The van der Waals surface area contributed by atoms with E-state index in [1.165, 1.54) is 0 Å². The van der Waals surface area contributed by atoms with Crippen LogP contribution >= 0.6 is 0 Å². The van der Waals surface area contributed by atoms with Crippen molar-refractivity contribution in [2.24, 2.45) is 0 Å². The van der Waals surface area contributed by atoms with E-state index < -0.39 is 12.1 Å². The topological polar surface area (TPSA) is 122 Å². The zero-order valence-corrected chi connectivity index (χ0v) is 20.1. The van der Waals surface area contributed by atoms with E-state index in [-0.39, 0.29) is 11.9 Å². The van der Waals surface area contributed by atoms with Gasteiger partial charge in [0, 0.05) is 30.7 Å². The monoisotopic (exact) mass is 528 g/mol. The maximum Gasteiger partial charge on any atom is 0.490 e. The van der Waals surface area contributed by atoms with Gasteiger partial charge in [0.05, 0.1) is 36.1 Å². The molecule has 198 valence electrons. The van der Waals surface area contributed by atoms with E-state index in [0.717, 1.165) is 41.2 Å². The van der Waals surface area contributed by atoms with Crippen molar-refractivity contribution >= 4 is 28.8 Å². The Hall–Kier alpha value is -4.68. The first-order valence-electron chi connectivity index (χ1n) is 11.4. The molecule has 0 radical (unpaired) electrons. The highest BCUT2D eigenvalue weighted by molar-refractivity contribution is 5.94. The van der Waals surface area contributed by atoms with Crippen molar-refractivity contribution < 1.29 is 32.6 Å². The summed E-state index contributed by atoms with van der Waals surface area (Å²) in [5, 5.41) is 19.2. The number of benzene rings is 1. The van der Waals surface area contributed by atoms with Gasteiger partial charge in [-0.1, -0.05) is 11.3 Å². The molecule has 0 bridgehead atoms. The third-order valence-corrected chi connectivity index (χ3v) is 5.78. The molecule has 1 atom stereocenters. The average Bonchev–Trinajstić information content (AvgIpc) is 3.55. The summed E-state index contributed by atoms with van der Waals surface area (Å²) in [5.41, 5.74) is 4.11. The predicted octanol–water partition coefficient (Wildman–Crippen LogP) is 4.49. The number of aromatic nitrogens is 4. The van der Waals surface area contributed by atoms with E-state index in [2.05, 4.69) is 20.6 Å². The van der Waals surface area contributed by atoms with Gasteiger partial charge in [0.25, 0.3) is 5.91 Å². The van der Waals surface area contributed by atoms with Crippen molar-refractivity contribution in [1.82, 2.24) is 24.7 Å². The number of amides is 1. The number of nitrogens with zero attached hydrogens (tertiary/aromatic N) is 5. The van der Waals surface area contributed by atoms with Crippen LogP contribution in [0.4, 0.5) is 24.5 Å². The molecule has 2 N–H and O–H groups in total. The number of hydrogen-bond donors (Lipinski definition) is 2. The Morgan fingerprint density at radius 1 is 1.13 bits per heavy atom. The lowest BCUT2D eigenvalue weighted by atomic mass is 10.1. The molecular weight excluding hydrogens is 505 g/mol. The number of alkyl halides is 3. The summed E-state index contributed by atoms with van der Waals surface area (Å²) in [6, 6.07) is 15.2. The maximum absolute atomic E-state index is 13.0. The number of likely N-dealkylation sites (tertiary alicyclic amines) is 1. The molecule has 1 amide bonds. The second-order valence-electron chi connectivity index (χ2n) is 8.28. The Bertz CT molecular complexity index is 1430. The Morgan fingerprint density at radius 3 is 2.61 bits per heavy atom. The fourth-order valence-corrected chi connectivity index (χ4v) is 4.04. The summed E-state index contributed by atoms with van der Waals surface area (Å²) in [6.45, 7) is 0.701. The largest absolute Gasteiger partial charge is 0.497 e. The minimum atomic E-state index is -5.08. The van der Waals surface area contributed by atoms with Crippen LogP contribution in [-0.2, 0) is 4.79 Å². The van der Waals surface area contributed by atoms with Crippen LogP contribution in [0.5, 0.6) is 5.75 Å². The van der Waals surface area contributed by atoms with Gasteiger partial charge in [0.1, 0.15) is 11.4 Å². The molecule has 3 aromatic heterocycles. The number of carbonyl (C=O) groups excluding carboxylic acids is 1. The molecule has 1 aliphatic heterocycles. The summed E-state index contributed by atoms with van der Waals surface area (Å²) >= 11 is 0. The number of carboxylic acid groups (broad SMARTS) is 1. The molecule has 13 heteroatoms. The quantitative estimate of drug-likeness (QED) is 0.389. The number of halogens is 3. The first-order valence-corrected chi connectivity index (χ1v) is 11.4. The number of rotatable bonds is 5. The van der Waals surface area contributed by atoms with Crippen molar-refractivity contribution in [3.05, 3.63) is 78.4 Å². The standard InChI is InChI=1S/C23H22N6O2.C2HF3O2/c1-31-19-7-2-6-17(13-19)25-18-9-10-21-22(26-27-29(21)15-18)20-8-4-12-28(20)23(30)16-5-3-11-24-14-16;3-2(4,5)1(6)7/h2-3,5-7,9-11,13-15,20,25H,4,8,12H2,1H3;(H,6,7). The Labute approximate surface area is 214 Å². The van der Waals surface area contributed by atoms with E-state index in [1.807, 2.05) is 47.5 Å². The molecule has 5 rings (SSSR count). The van der Waals surface area contributed by atoms with Crippen molar-refractivity contribution in [2.75, 3.05) is 19.0 Å². The van der Waals surface area contributed by atoms with E-state index in [9.17, 15) is 18.0 Å². The minimum Gasteiger partial charge on any atom is -0.497 e. The summed E-state index contributed by atoms with van der Waals surface area (Å²) in [6.07, 6.45) is 1.89. The van der Waals surface area contributed by atoms with Crippen LogP contribution < -0.4 is 10.1 Å². The predicted molar refractivity (Wildman–Crippen MR) is 130 cm³/mol. The van der Waals surface area contributed by atoms with Crippen LogP contribution in [0.25, 0.3) is 5.52 Å². The summed E-state index contributed by atoms with van der Waals surface area (Å²) in [5.74, 6) is -1.99. The zero-order chi connectivity index (χ0) is 27.3. The van der Waals surface area contributed by atoms with E-state index in [4.69, 9.17) is 14.6 Å². The fourth-order valence-electron chi connectivity index (χ4n) is 4.04. The smallest absolute Gasteiger partial charge is 0.490 e. The SMILES string of the molecule is COc1cccc(Nc2ccc3c(C4CCCN4C(=O)c4cccnc4)nnn3c2)c1.O=C(O)C(F)(F)F. The number of methoxy groups -OCH3 is 1. The number of pyridine rings is 2. The third kappa shape index (κ3) is 5.99. The molecule has 1 aromatic carbocycles. The highest BCUT2D eigenvalue weighted by Crippen LogP contribution is 2.34. The molecule has 1 saturated heterocycles. The average molecular weight is 528 g/mol. The van der Waals surface area contributed by atoms with Crippen LogP contribution in [0, 0.1) is 0 Å². The molecule has 1 unspecified atom stereocenters. The number of carbonyl (C=O) groups is 2. The fraction of sp³-hybridized carbons (Fsp3) is 0.240. The number of carboxylic acids is 1. The van der Waals surface area contributed by atoms with Gasteiger partial charge in [0.2, 0.25) is 0 Å². The molecule has 0 saturated carbocycles. The second kappa shape index (κ2) is 11.2. The Balaban J connectivity index is 0.000000426. The third-order valence-electron chi connectivity index (χ3n) is 5.78. The highest BCUT2D eigenvalue weighted by Gasteiger charge is 2.38. The molecular formula is C25H23F3N6O4. The van der Waals surface area contributed by atoms with Gasteiger partial charge < -0.3 is 20.1 Å². The molecule has 1 aliphatic rings. The van der Waals surface area contributed by atoms with E-state index in [1.54, 1.807) is 36.2 Å². The van der Waals surface area contributed by atoms with Gasteiger partial charge in [-0.05, 0) is 49.2 Å². The Kier molecular flexibility index (Phi) is 7.74. The molecule has 38 heavy (non-hydrogen) atoms. The number of fused-ring (bicyclic) bond motifs is 1. The summed E-state index contributed by atoms with van der Waals surface area (Å²) in [7, 11) is 1.65. The second-order valence-corrected chi connectivity index (χ2v) is 8.28. The van der Waals surface area contributed by atoms with Gasteiger partial charge in [0.15, 0.2) is 0 Å². The molecule has 4 aromatic rings. The number of anilines is 2. The van der Waals surface area contributed by atoms with Crippen LogP contribution in [0.2, 0.25) is 0 Å². The van der Waals surface area contributed by atoms with Crippen LogP contribution in [0.3, 0.4) is 0 Å². The molecule has 1 fully saturated rings. The van der Waals surface area contributed by atoms with Crippen LogP contribution in [0.1, 0.15) is 34.9 Å². The normalized spacial score (nSPS) is 15.1. The molecule has 0 spiro atoms. The van der Waals surface area contributed by atoms with Crippen molar-refractivity contribution in [3.63, 3.8) is 0 Å². The number of ether oxygens (including phenoxy) is 1. The van der Waals surface area contributed by atoms with Gasteiger partial charge in [-0.3, -0.25) is 9.78 Å². The minimum absolute atomic E-state index is 0.0203. The summed E-state index contributed by atoms with van der Waals surface area (Å²) < 4.78 is 38.8. The maximum atomic E-state index is 13.0. The lowest BCUT2D eigenvalue weighted by molar-refractivity contribution is -0.192. The van der Waals surface area contributed by atoms with Gasteiger partial charge in [-0.2, -0.15) is 13.2 Å². The van der Waals surface area contributed by atoms with Gasteiger partial charge >= 0.3 is 12.1 Å². The first kappa shape index (κ1) is 26.4. The van der Waals surface area contributed by atoms with Crippen molar-refractivity contribution in [2.45, 2.75) is 25.1 Å². The van der Waals surface area contributed by atoms with E-state index >= 15 is 0 Å². The Morgan fingerprint density at radius 2 is 1.92 bits per heavy atom. The van der Waals surface area contributed by atoms with Gasteiger partial charge in [-0.25, -0.2) is 9.31 Å². The molecule has 4 heterocycles. The lowest BCUT2D eigenvalue weighted by Gasteiger charge is -2.23. The highest BCUT2D eigenvalue weighted by atomic mass is 19.4. The number of aliphatic carboxylic acids is 1. The van der Waals surface area contributed by atoms with Crippen LogP contribution in [0.15, 0.2) is 67.1 Å². The van der Waals surface area contributed by atoms with Crippen molar-refractivity contribution in [3.8, 4) is 5.75 Å². The molecule has 0 aliphatic carbocycles. The first-order chi connectivity index (χ1) is 18.2. The van der Waals surface area contributed by atoms with E-state index in [0.29, 0.717) is 12.1 Å². The summed E-state index contributed by atoms with van der Waals surface area (Å²) in [4.78, 5) is 27.9. The number of nitrogens with one attached hydrogen (secondary N) is 1. The zero-order valence-electron chi connectivity index (χ0n) is 20.1. The van der Waals surface area contributed by atoms with Crippen LogP contribution in [-0.4, -0.2) is 61.5 Å².